The molecule has 0 spiro atoms. The zero-order valence-electron chi connectivity index (χ0n) is 7.75. The summed E-state index contributed by atoms with van der Waals surface area (Å²) in [4.78, 5) is 0. The molecule has 0 heterocycles. The van der Waals surface area contributed by atoms with E-state index in [4.69, 9.17) is 11.1 Å². The molecule has 0 saturated heterocycles. The van der Waals surface area contributed by atoms with E-state index < -0.39 is 0 Å². The molecule has 0 radical (unpaired) electrons. The number of rotatable bonds is 4. The van der Waals surface area contributed by atoms with Gasteiger partial charge in [-0.15, -0.1) is 0 Å². The Labute approximate surface area is 78.5 Å². The molecule has 0 bridgehead atoms. The molecule has 1 atom stereocenters. The molecular formula is C10H15N3. The highest BCUT2D eigenvalue weighted by molar-refractivity contribution is 5.77. The first kappa shape index (κ1) is 9.58. The first-order valence-corrected chi connectivity index (χ1v) is 4.33. The topological polar surface area (TPSA) is 61.9 Å². The second-order valence-corrected chi connectivity index (χ2v) is 3.14. The predicted octanol–water partition coefficient (Wildman–Crippen LogP) is 1.81. The number of nitrogens with one attached hydrogen (secondary N) is 2. The number of nitrogens with two attached hydrogens (primary N) is 1. The summed E-state index contributed by atoms with van der Waals surface area (Å²) in [5.74, 6) is 0.218. The van der Waals surface area contributed by atoms with Crippen molar-refractivity contribution in [1.29, 1.82) is 5.41 Å². The summed E-state index contributed by atoms with van der Waals surface area (Å²) in [5.41, 5.74) is 6.36. The molecular weight excluding hydrogens is 162 g/mol. The summed E-state index contributed by atoms with van der Waals surface area (Å²) < 4.78 is 0. The van der Waals surface area contributed by atoms with Crippen molar-refractivity contribution in [2.75, 3.05) is 5.32 Å². The van der Waals surface area contributed by atoms with Crippen LogP contribution in [-0.4, -0.2) is 11.9 Å². The molecule has 1 rings (SSSR count). The molecule has 0 fully saturated rings. The molecule has 4 N–H and O–H groups in total. The van der Waals surface area contributed by atoms with Crippen LogP contribution in [0.3, 0.4) is 0 Å². The van der Waals surface area contributed by atoms with E-state index in [0.717, 1.165) is 5.69 Å². The molecule has 0 aliphatic carbocycles. The molecule has 1 unspecified atom stereocenters. The zero-order valence-corrected chi connectivity index (χ0v) is 7.75. The van der Waals surface area contributed by atoms with Gasteiger partial charge in [-0.1, -0.05) is 18.2 Å². The van der Waals surface area contributed by atoms with Crippen LogP contribution < -0.4 is 11.1 Å². The van der Waals surface area contributed by atoms with Crippen LogP contribution in [0.25, 0.3) is 0 Å². The quantitative estimate of drug-likeness (QED) is 0.485. The second-order valence-electron chi connectivity index (χ2n) is 3.14. The molecule has 1 aromatic rings. The van der Waals surface area contributed by atoms with E-state index in [1.54, 1.807) is 0 Å². The molecule has 3 nitrogen and oxygen atoms in total. The lowest BCUT2D eigenvalue weighted by Gasteiger charge is -2.13. The number of para-hydroxylation sites is 1. The van der Waals surface area contributed by atoms with Crippen LogP contribution in [0, 0.1) is 5.41 Å². The van der Waals surface area contributed by atoms with E-state index in [2.05, 4.69) is 5.32 Å². The number of amidine groups is 1. The van der Waals surface area contributed by atoms with Crippen molar-refractivity contribution in [1.82, 2.24) is 0 Å². The van der Waals surface area contributed by atoms with Crippen molar-refractivity contribution in [3.05, 3.63) is 30.3 Å². The van der Waals surface area contributed by atoms with Gasteiger partial charge in [-0.25, -0.2) is 0 Å². The SMILES string of the molecule is CC(CC(=N)N)Nc1ccccc1. The first-order chi connectivity index (χ1) is 6.18. The number of benzene rings is 1. The van der Waals surface area contributed by atoms with Gasteiger partial charge < -0.3 is 11.1 Å². The molecule has 70 valence electrons. The van der Waals surface area contributed by atoms with Gasteiger partial charge in [0.1, 0.15) is 0 Å². The second kappa shape index (κ2) is 4.50. The third-order valence-corrected chi connectivity index (χ3v) is 1.71. The highest BCUT2D eigenvalue weighted by atomic mass is 14.9. The molecule has 0 aromatic heterocycles. The fraction of sp³-hybridized carbons (Fsp3) is 0.300. The summed E-state index contributed by atoms with van der Waals surface area (Å²) in [5, 5.41) is 10.4. The minimum absolute atomic E-state index is 0.208. The van der Waals surface area contributed by atoms with Gasteiger partial charge >= 0.3 is 0 Å². The van der Waals surface area contributed by atoms with Crippen LogP contribution in [0.5, 0.6) is 0 Å². The minimum atomic E-state index is 0.208. The van der Waals surface area contributed by atoms with Crippen molar-refractivity contribution in [3.8, 4) is 0 Å². The summed E-state index contributed by atoms with van der Waals surface area (Å²) in [6.45, 7) is 2.01. The number of anilines is 1. The summed E-state index contributed by atoms with van der Waals surface area (Å²) >= 11 is 0. The van der Waals surface area contributed by atoms with Gasteiger partial charge in [-0.05, 0) is 19.1 Å². The summed E-state index contributed by atoms with van der Waals surface area (Å²) in [6.07, 6.45) is 0.578. The van der Waals surface area contributed by atoms with Crippen molar-refractivity contribution >= 4 is 11.5 Å². The van der Waals surface area contributed by atoms with Crippen molar-refractivity contribution < 1.29 is 0 Å². The lowest BCUT2D eigenvalue weighted by Crippen LogP contribution is -2.23. The maximum Gasteiger partial charge on any atom is 0.0925 e. The van der Waals surface area contributed by atoms with Crippen LogP contribution >= 0.6 is 0 Å². The molecule has 0 aliphatic rings. The molecule has 0 aliphatic heterocycles. The summed E-state index contributed by atoms with van der Waals surface area (Å²) in [6, 6.07) is 10.1. The largest absolute Gasteiger partial charge is 0.388 e. The van der Waals surface area contributed by atoms with Gasteiger partial charge in [0, 0.05) is 18.2 Å². The smallest absolute Gasteiger partial charge is 0.0925 e. The van der Waals surface area contributed by atoms with E-state index in [-0.39, 0.29) is 11.9 Å². The van der Waals surface area contributed by atoms with Crippen LogP contribution in [-0.2, 0) is 0 Å². The lowest BCUT2D eigenvalue weighted by atomic mass is 10.2. The van der Waals surface area contributed by atoms with Crippen LogP contribution in [0.1, 0.15) is 13.3 Å². The van der Waals surface area contributed by atoms with Crippen molar-refractivity contribution in [2.45, 2.75) is 19.4 Å². The maximum atomic E-state index is 7.13. The molecule has 0 amide bonds. The van der Waals surface area contributed by atoms with Gasteiger partial charge in [0.15, 0.2) is 0 Å². The Bertz CT molecular complexity index is 269. The number of hydrogen-bond acceptors (Lipinski definition) is 2. The fourth-order valence-electron chi connectivity index (χ4n) is 1.20. The van der Waals surface area contributed by atoms with Gasteiger partial charge in [0.25, 0.3) is 0 Å². The third kappa shape index (κ3) is 3.60. The number of hydrogen-bond donors (Lipinski definition) is 3. The Balaban J connectivity index is 2.45. The highest BCUT2D eigenvalue weighted by Crippen LogP contribution is 2.07. The van der Waals surface area contributed by atoms with Gasteiger partial charge in [-0.2, -0.15) is 0 Å². The third-order valence-electron chi connectivity index (χ3n) is 1.71. The minimum Gasteiger partial charge on any atom is -0.388 e. The average molecular weight is 177 g/mol. The molecule has 3 heteroatoms. The maximum absolute atomic E-state index is 7.13. The van der Waals surface area contributed by atoms with E-state index in [1.165, 1.54) is 0 Å². The van der Waals surface area contributed by atoms with E-state index in [1.807, 2.05) is 37.3 Å². The first-order valence-electron chi connectivity index (χ1n) is 4.33. The Hall–Kier alpha value is -1.51. The van der Waals surface area contributed by atoms with Gasteiger partial charge in [0.2, 0.25) is 0 Å². The normalized spacial score (nSPS) is 12.1. The fourth-order valence-corrected chi connectivity index (χ4v) is 1.20. The van der Waals surface area contributed by atoms with E-state index in [9.17, 15) is 0 Å². The van der Waals surface area contributed by atoms with E-state index in [0.29, 0.717) is 6.42 Å². The lowest BCUT2D eigenvalue weighted by molar-refractivity contribution is 0.829. The van der Waals surface area contributed by atoms with Gasteiger partial charge in [0.05, 0.1) is 5.84 Å². The monoisotopic (exact) mass is 177 g/mol. The van der Waals surface area contributed by atoms with Crippen LogP contribution in [0.2, 0.25) is 0 Å². The van der Waals surface area contributed by atoms with Crippen molar-refractivity contribution in [3.63, 3.8) is 0 Å². The van der Waals surface area contributed by atoms with Crippen molar-refractivity contribution in [2.24, 2.45) is 5.73 Å². The Morgan fingerprint density at radius 2 is 2.08 bits per heavy atom. The molecule has 13 heavy (non-hydrogen) atoms. The highest BCUT2D eigenvalue weighted by Gasteiger charge is 2.02. The molecule has 1 aromatic carbocycles. The standard InChI is InChI=1S/C10H15N3/c1-8(7-10(11)12)13-9-5-3-2-4-6-9/h2-6,8,13H,7H2,1H3,(H3,11,12). The predicted molar refractivity (Wildman–Crippen MR) is 56.1 cm³/mol. The van der Waals surface area contributed by atoms with E-state index >= 15 is 0 Å². The van der Waals surface area contributed by atoms with Crippen LogP contribution in [0.4, 0.5) is 5.69 Å². The zero-order chi connectivity index (χ0) is 9.68. The summed E-state index contributed by atoms with van der Waals surface area (Å²) in [7, 11) is 0. The average Bonchev–Trinajstić information content (AvgIpc) is 2.04. The van der Waals surface area contributed by atoms with Crippen LogP contribution in [0.15, 0.2) is 30.3 Å². The van der Waals surface area contributed by atoms with Gasteiger partial charge in [-0.3, -0.25) is 5.41 Å². The Kier molecular flexibility index (Phi) is 3.31. The Morgan fingerprint density at radius 3 is 2.62 bits per heavy atom. The molecule has 0 saturated carbocycles. The Morgan fingerprint density at radius 1 is 1.46 bits per heavy atom.